The number of nitrogens with zero attached hydrogens (tertiary/aromatic N) is 1. The van der Waals surface area contributed by atoms with E-state index in [-0.39, 0.29) is 17.9 Å². The largest absolute Gasteiger partial charge is 0.462 e. The number of urea groups is 1. The van der Waals surface area contributed by atoms with Crippen LogP contribution >= 0.6 is 0 Å². The van der Waals surface area contributed by atoms with Crippen LogP contribution in [0.25, 0.3) is 0 Å². The zero-order chi connectivity index (χ0) is 22.3. The van der Waals surface area contributed by atoms with Crippen molar-refractivity contribution < 1.29 is 19.1 Å². The highest BCUT2D eigenvalue weighted by Gasteiger charge is 2.36. The molecule has 1 heterocycles. The van der Waals surface area contributed by atoms with Gasteiger partial charge in [-0.1, -0.05) is 39.8 Å². The first-order valence-electron chi connectivity index (χ1n) is 10.6. The van der Waals surface area contributed by atoms with Crippen LogP contribution in [0.4, 0.5) is 10.5 Å². The zero-order valence-corrected chi connectivity index (χ0v) is 18.6. The maximum absolute atomic E-state index is 13.0. The molecule has 0 fully saturated rings. The van der Waals surface area contributed by atoms with Crippen LogP contribution in [0.3, 0.4) is 0 Å². The van der Waals surface area contributed by atoms with Crippen LogP contribution in [0.5, 0.6) is 0 Å². The molecule has 0 saturated heterocycles. The Kier molecular flexibility index (Phi) is 8.45. The van der Waals surface area contributed by atoms with Gasteiger partial charge in [-0.25, -0.2) is 9.59 Å². The van der Waals surface area contributed by atoms with Gasteiger partial charge in [-0.15, -0.1) is 0 Å². The number of carbonyl (C=O) groups excluding carboxylic acids is 3. The van der Waals surface area contributed by atoms with E-state index in [1.165, 1.54) is 0 Å². The Labute approximate surface area is 178 Å². The molecule has 1 aliphatic rings. The molecule has 0 radical (unpaired) electrons. The minimum absolute atomic E-state index is 0.0697. The van der Waals surface area contributed by atoms with E-state index in [4.69, 9.17) is 4.74 Å². The lowest BCUT2D eigenvalue weighted by Crippen LogP contribution is -2.48. The minimum Gasteiger partial charge on any atom is -0.462 e. The van der Waals surface area contributed by atoms with Gasteiger partial charge in [-0.2, -0.15) is 0 Å². The first-order valence-corrected chi connectivity index (χ1v) is 10.6. The summed E-state index contributed by atoms with van der Waals surface area (Å²) in [6, 6.07) is 6.32. The van der Waals surface area contributed by atoms with Crippen molar-refractivity contribution in [2.24, 2.45) is 5.92 Å². The number of carbonyl (C=O) groups is 3. The number of anilines is 1. The van der Waals surface area contributed by atoms with Crippen LogP contribution in [-0.2, 0) is 14.3 Å². The Morgan fingerprint density at radius 2 is 1.97 bits per heavy atom. The zero-order valence-electron chi connectivity index (χ0n) is 18.6. The third-order valence-corrected chi connectivity index (χ3v) is 4.79. The molecule has 0 aliphatic carbocycles. The van der Waals surface area contributed by atoms with Crippen molar-refractivity contribution in [3.05, 3.63) is 41.1 Å². The average molecular weight is 416 g/mol. The molecule has 2 rings (SSSR count). The first-order chi connectivity index (χ1) is 14.3. The summed E-state index contributed by atoms with van der Waals surface area (Å²) in [5.41, 5.74) is 2.36. The molecule has 1 aliphatic heterocycles. The van der Waals surface area contributed by atoms with Gasteiger partial charge in [-0.3, -0.25) is 9.69 Å². The van der Waals surface area contributed by atoms with Gasteiger partial charge in [0.1, 0.15) is 0 Å². The molecule has 0 saturated carbocycles. The molecular weight excluding hydrogens is 382 g/mol. The lowest BCUT2D eigenvalue weighted by molar-refractivity contribution is -0.140. The number of benzene rings is 1. The van der Waals surface area contributed by atoms with Crippen LogP contribution in [0, 0.1) is 5.92 Å². The Hall–Kier alpha value is -2.83. The van der Waals surface area contributed by atoms with Crippen LogP contribution < -0.4 is 10.6 Å². The quantitative estimate of drug-likeness (QED) is 0.586. The predicted octanol–water partition coefficient (Wildman–Crippen LogP) is 4.37. The van der Waals surface area contributed by atoms with Crippen LogP contribution in [0.1, 0.15) is 65.5 Å². The second-order valence-corrected chi connectivity index (χ2v) is 7.95. The van der Waals surface area contributed by atoms with Crippen LogP contribution in [-0.4, -0.2) is 36.0 Å². The number of hydrogen-bond acceptors (Lipinski definition) is 4. The number of ether oxygens (including phenoxy) is 1. The van der Waals surface area contributed by atoms with Crippen LogP contribution in [0.2, 0.25) is 0 Å². The van der Waals surface area contributed by atoms with E-state index >= 15 is 0 Å². The van der Waals surface area contributed by atoms with Crippen molar-refractivity contribution in [2.45, 2.75) is 59.9 Å². The van der Waals surface area contributed by atoms with E-state index in [1.807, 2.05) is 33.8 Å². The van der Waals surface area contributed by atoms with E-state index in [9.17, 15) is 14.4 Å². The van der Waals surface area contributed by atoms with E-state index in [1.54, 1.807) is 30.0 Å². The summed E-state index contributed by atoms with van der Waals surface area (Å²) in [6.07, 6.45) is 1.95. The molecule has 3 amide bonds. The molecule has 1 atom stereocenters. The summed E-state index contributed by atoms with van der Waals surface area (Å²) in [7, 11) is 0. The van der Waals surface area contributed by atoms with Gasteiger partial charge < -0.3 is 15.4 Å². The predicted molar refractivity (Wildman–Crippen MR) is 117 cm³/mol. The first kappa shape index (κ1) is 23.4. The van der Waals surface area contributed by atoms with Gasteiger partial charge in [0.05, 0.1) is 18.2 Å². The molecular formula is C23H33N3O4. The molecule has 1 unspecified atom stereocenters. The Morgan fingerprint density at radius 3 is 2.60 bits per heavy atom. The monoisotopic (exact) mass is 415 g/mol. The van der Waals surface area contributed by atoms with Crippen molar-refractivity contribution >= 4 is 23.6 Å². The van der Waals surface area contributed by atoms with Crippen molar-refractivity contribution in [3.8, 4) is 0 Å². The summed E-state index contributed by atoms with van der Waals surface area (Å²) in [6.45, 7) is 10.5. The van der Waals surface area contributed by atoms with E-state index in [0.717, 1.165) is 12.8 Å². The normalized spacial score (nSPS) is 16.5. The third-order valence-electron chi connectivity index (χ3n) is 4.79. The Bertz CT molecular complexity index is 816. The van der Waals surface area contributed by atoms with E-state index < -0.39 is 12.0 Å². The maximum Gasteiger partial charge on any atom is 0.338 e. The van der Waals surface area contributed by atoms with Crippen LogP contribution in [0.15, 0.2) is 35.5 Å². The number of rotatable bonds is 9. The molecule has 1 aromatic carbocycles. The summed E-state index contributed by atoms with van der Waals surface area (Å²) in [4.78, 5) is 39.2. The summed E-state index contributed by atoms with van der Waals surface area (Å²) in [5, 5.41) is 5.80. The molecule has 164 valence electrons. The van der Waals surface area contributed by atoms with Crippen molar-refractivity contribution in [2.75, 3.05) is 18.5 Å². The second kappa shape index (κ2) is 10.8. The molecule has 2 N–H and O–H groups in total. The fourth-order valence-corrected chi connectivity index (χ4v) is 3.36. The number of amides is 3. The molecule has 0 spiro atoms. The number of esters is 1. The minimum atomic E-state index is -0.645. The molecule has 7 heteroatoms. The Balaban J connectivity index is 2.41. The van der Waals surface area contributed by atoms with Gasteiger partial charge in [0, 0.05) is 24.4 Å². The lowest BCUT2D eigenvalue weighted by Gasteiger charge is -2.35. The molecule has 0 aromatic heterocycles. The van der Waals surface area contributed by atoms with Gasteiger partial charge >= 0.3 is 12.0 Å². The highest BCUT2D eigenvalue weighted by atomic mass is 16.5. The standard InChI is InChI=1S/C23H33N3O4/c1-6-9-19(27)24-18-11-8-10-17(13-18)21-20(22(28)30-14-15(3)4)16(5)26(12-7-2)23(29)25-21/h8,10-11,13,15,21H,6-7,9,12,14H2,1-5H3,(H,24,27)(H,25,29). The molecule has 30 heavy (non-hydrogen) atoms. The summed E-state index contributed by atoms with van der Waals surface area (Å²) in [5.74, 6) is -0.303. The number of hydrogen-bond donors (Lipinski definition) is 2. The smallest absolute Gasteiger partial charge is 0.338 e. The topological polar surface area (TPSA) is 87.7 Å². The molecule has 0 bridgehead atoms. The third kappa shape index (κ3) is 5.84. The second-order valence-electron chi connectivity index (χ2n) is 7.95. The SMILES string of the molecule is CCCC(=O)Nc1cccc(C2NC(=O)N(CCC)C(C)=C2C(=O)OCC(C)C)c1. The Morgan fingerprint density at radius 1 is 1.23 bits per heavy atom. The average Bonchev–Trinajstić information content (AvgIpc) is 2.69. The van der Waals surface area contributed by atoms with Crippen molar-refractivity contribution in [1.29, 1.82) is 0 Å². The van der Waals surface area contributed by atoms with Gasteiger partial charge in [0.2, 0.25) is 5.91 Å². The fourth-order valence-electron chi connectivity index (χ4n) is 3.36. The highest BCUT2D eigenvalue weighted by molar-refractivity contribution is 5.95. The van der Waals surface area contributed by atoms with Gasteiger partial charge in [-0.05, 0) is 43.4 Å². The van der Waals surface area contributed by atoms with Crippen molar-refractivity contribution in [1.82, 2.24) is 10.2 Å². The number of allylic oxidation sites excluding steroid dienone is 1. The fraction of sp³-hybridized carbons (Fsp3) is 0.522. The maximum atomic E-state index is 13.0. The lowest BCUT2D eigenvalue weighted by atomic mass is 9.94. The highest BCUT2D eigenvalue weighted by Crippen LogP contribution is 2.32. The van der Waals surface area contributed by atoms with E-state index in [0.29, 0.717) is 42.1 Å². The number of nitrogens with one attached hydrogen (secondary N) is 2. The van der Waals surface area contributed by atoms with Gasteiger partial charge in [0.15, 0.2) is 0 Å². The summed E-state index contributed by atoms with van der Waals surface area (Å²) >= 11 is 0. The van der Waals surface area contributed by atoms with Gasteiger partial charge in [0.25, 0.3) is 0 Å². The molecule has 1 aromatic rings. The summed E-state index contributed by atoms with van der Waals surface area (Å²) < 4.78 is 5.51. The van der Waals surface area contributed by atoms with E-state index in [2.05, 4.69) is 10.6 Å². The molecule has 7 nitrogen and oxygen atoms in total. The van der Waals surface area contributed by atoms with Crippen molar-refractivity contribution in [3.63, 3.8) is 0 Å².